The fraction of sp³-hybridized carbons (Fsp3) is 0. The number of carbonyl (C=O) groups excluding carboxylic acids is 1. The Kier molecular flexibility index (Phi) is 4.07. The Morgan fingerprint density at radius 1 is 0.769 bits per heavy atom. The average molecular weight is 342 g/mol. The highest BCUT2D eigenvalue weighted by Crippen LogP contribution is 2.26. The van der Waals surface area contributed by atoms with Crippen LogP contribution in [-0.2, 0) is 0 Å². The molecule has 0 aliphatic heterocycles. The number of benzene rings is 3. The van der Waals surface area contributed by atoms with E-state index in [9.17, 15) is 9.59 Å². The largest absolute Gasteiger partial charge is 0.455 e. The van der Waals surface area contributed by atoms with Gasteiger partial charge in [-0.25, -0.2) is 4.79 Å². The second-order valence-electron chi connectivity index (χ2n) is 5.70. The Morgan fingerprint density at radius 2 is 1.38 bits per heavy atom. The predicted molar refractivity (Wildman–Crippen MR) is 99.3 cm³/mol. The first-order valence-electron chi connectivity index (χ1n) is 8.12. The third kappa shape index (κ3) is 2.89. The van der Waals surface area contributed by atoms with E-state index in [-0.39, 0.29) is 11.3 Å². The zero-order valence-corrected chi connectivity index (χ0v) is 13.7. The number of carbonyl (C=O) groups is 1. The standard InChI is InChI=1S/C22H14O4/c23-20-17-13-7-8-14-18(17)26-21(15-9-3-1-4-10-15)19(20)22(24)25-16-11-5-2-6-12-16/h1-14H. The second-order valence-corrected chi connectivity index (χ2v) is 5.70. The van der Waals surface area contributed by atoms with Crippen LogP contribution in [0.4, 0.5) is 0 Å². The van der Waals surface area contributed by atoms with E-state index in [1.54, 1.807) is 60.7 Å². The predicted octanol–water partition coefficient (Wildman–Crippen LogP) is 4.68. The summed E-state index contributed by atoms with van der Waals surface area (Å²) in [5, 5.41) is 0.340. The molecule has 0 saturated heterocycles. The molecule has 0 N–H and O–H groups in total. The van der Waals surface area contributed by atoms with Crippen molar-refractivity contribution in [3.63, 3.8) is 0 Å². The molecule has 0 bridgehead atoms. The summed E-state index contributed by atoms with van der Waals surface area (Å²) in [6.45, 7) is 0. The summed E-state index contributed by atoms with van der Waals surface area (Å²) >= 11 is 0. The topological polar surface area (TPSA) is 56.5 Å². The van der Waals surface area contributed by atoms with Gasteiger partial charge in [0.15, 0.2) is 11.3 Å². The molecule has 0 fully saturated rings. The molecule has 4 heteroatoms. The van der Waals surface area contributed by atoms with E-state index in [2.05, 4.69) is 0 Å². The molecule has 4 nitrogen and oxygen atoms in total. The van der Waals surface area contributed by atoms with Crippen LogP contribution in [-0.4, -0.2) is 5.97 Å². The van der Waals surface area contributed by atoms with Gasteiger partial charge in [-0.15, -0.1) is 0 Å². The van der Waals surface area contributed by atoms with Gasteiger partial charge >= 0.3 is 5.97 Å². The molecular formula is C22H14O4. The molecule has 0 spiro atoms. The van der Waals surface area contributed by atoms with E-state index in [0.717, 1.165) is 0 Å². The molecule has 1 heterocycles. The summed E-state index contributed by atoms with van der Waals surface area (Å²) in [7, 11) is 0. The third-order valence-corrected chi connectivity index (χ3v) is 3.99. The first-order valence-corrected chi connectivity index (χ1v) is 8.12. The first kappa shape index (κ1) is 15.8. The summed E-state index contributed by atoms with van der Waals surface area (Å²) in [6.07, 6.45) is 0. The summed E-state index contributed by atoms with van der Waals surface area (Å²) in [5.74, 6) is -0.172. The van der Waals surface area contributed by atoms with Crippen molar-refractivity contribution in [2.75, 3.05) is 0 Å². The highest BCUT2D eigenvalue weighted by atomic mass is 16.5. The summed E-state index contributed by atoms with van der Waals surface area (Å²) in [4.78, 5) is 25.8. The van der Waals surface area contributed by atoms with Crippen molar-refractivity contribution in [1.82, 2.24) is 0 Å². The smallest absolute Gasteiger partial charge is 0.351 e. The van der Waals surface area contributed by atoms with Gasteiger partial charge < -0.3 is 9.15 Å². The molecule has 0 aliphatic carbocycles. The van der Waals surface area contributed by atoms with E-state index in [0.29, 0.717) is 22.3 Å². The van der Waals surface area contributed by atoms with Crippen molar-refractivity contribution in [3.8, 4) is 17.1 Å². The van der Waals surface area contributed by atoms with Crippen LogP contribution < -0.4 is 10.2 Å². The molecule has 3 aromatic carbocycles. The number of rotatable bonds is 3. The fourth-order valence-corrected chi connectivity index (χ4v) is 2.77. The van der Waals surface area contributed by atoms with Gasteiger partial charge in [0.1, 0.15) is 11.3 Å². The van der Waals surface area contributed by atoms with Crippen LogP contribution in [0.1, 0.15) is 10.4 Å². The lowest BCUT2D eigenvalue weighted by Crippen LogP contribution is -2.21. The van der Waals surface area contributed by atoms with E-state index in [1.807, 2.05) is 24.3 Å². The van der Waals surface area contributed by atoms with Crippen LogP contribution in [0.15, 0.2) is 94.1 Å². The zero-order chi connectivity index (χ0) is 17.9. The van der Waals surface area contributed by atoms with Gasteiger partial charge in [0.05, 0.1) is 5.39 Å². The Hall–Kier alpha value is -3.66. The molecule has 4 aromatic rings. The monoisotopic (exact) mass is 342 g/mol. The minimum absolute atomic E-state index is 0.112. The normalized spacial score (nSPS) is 10.6. The van der Waals surface area contributed by atoms with Gasteiger partial charge in [-0.1, -0.05) is 60.7 Å². The molecule has 0 atom stereocenters. The van der Waals surface area contributed by atoms with Gasteiger partial charge in [0, 0.05) is 5.56 Å². The molecule has 0 unspecified atom stereocenters. The summed E-state index contributed by atoms with van der Waals surface area (Å²) in [6, 6.07) is 24.5. The van der Waals surface area contributed by atoms with Crippen molar-refractivity contribution in [3.05, 3.63) is 101 Å². The van der Waals surface area contributed by atoms with Crippen molar-refractivity contribution in [1.29, 1.82) is 0 Å². The van der Waals surface area contributed by atoms with E-state index < -0.39 is 11.4 Å². The molecular weight excluding hydrogens is 328 g/mol. The first-order chi connectivity index (χ1) is 12.7. The van der Waals surface area contributed by atoms with E-state index in [1.165, 1.54) is 0 Å². The van der Waals surface area contributed by atoms with E-state index in [4.69, 9.17) is 9.15 Å². The van der Waals surface area contributed by atoms with Crippen LogP contribution in [0.25, 0.3) is 22.3 Å². The maximum Gasteiger partial charge on any atom is 0.351 e. The Balaban J connectivity index is 1.93. The SMILES string of the molecule is O=C(Oc1ccccc1)c1c(-c2ccccc2)oc2ccccc2c1=O. The van der Waals surface area contributed by atoms with Crippen LogP contribution >= 0.6 is 0 Å². The van der Waals surface area contributed by atoms with Gasteiger partial charge in [0.25, 0.3) is 0 Å². The maximum absolute atomic E-state index is 13.0. The van der Waals surface area contributed by atoms with Crippen LogP contribution in [0.3, 0.4) is 0 Å². The highest BCUT2D eigenvalue weighted by molar-refractivity contribution is 6.00. The number of ether oxygens (including phenoxy) is 1. The molecule has 26 heavy (non-hydrogen) atoms. The molecule has 0 amide bonds. The minimum Gasteiger partial charge on any atom is -0.455 e. The van der Waals surface area contributed by atoms with Gasteiger partial charge in [-0.05, 0) is 24.3 Å². The molecule has 126 valence electrons. The highest BCUT2D eigenvalue weighted by Gasteiger charge is 2.23. The summed E-state index contributed by atoms with van der Waals surface area (Å²) < 4.78 is 11.3. The average Bonchev–Trinajstić information content (AvgIpc) is 2.69. The quantitative estimate of drug-likeness (QED) is 0.401. The van der Waals surface area contributed by atoms with Crippen LogP contribution in [0.2, 0.25) is 0 Å². The molecule has 0 radical (unpaired) electrons. The van der Waals surface area contributed by atoms with Gasteiger partial charge in [-0.3, -0.25) is 4.79 Å². The molecule has 4 rings (SSSR count). The molecule has 0 aliphatic rings. The van der Waals surface area contributed by atoms with Gasteiger partial charge in [-0.2, -0.15) is 0 Å². The van der Waals surface area contributed by atoms with Crippen molar-refractivity contribution in [2.45, 2.75) is 0 Å². The lowest BCUT2D eigenvalue weighted by molar-refractivity contribution is 0.0732. The summed E-state index contributed by atoms with van der Waals surface area (Å²) in [5.41, 5.74) is 0.536. The maximum atomic E-state index is 13.0. The van der Waals surface area contributed by atoms with Crippen LogP contribution in [0, 0.1) is 0 Å². The number of para-hydroxylation sites is 2. The van der Waals surface area contributed by atoms with Crippen molar-refractivity contribution >= 4 is 16.9 Å². The number of esters is 1. The number of hydrogen-bond acceptors (Lipinski definition) is 4. The zero-order valence-electron chi connectivity index (χ0n) is 13.7. The molecule has 1 aromatic heterocycles. The molecule has 0 saturated carbocycles. The van der Waals surface area contributed by atoms with E-state index >= 15 is 0 Å². The number of hydrogen-bond donors (Lipinski definition) is 0. The minimum atomic E-state index is -0.741. The fourth-order valence-electron chi connectivity index (χ4n) is 2.77. The van der Waals surface area contributed by atoms with Crippen molar-refractivity contribution < 1.29 is 13.9 Å². The lowest BCUT2D eigenvalue weighted by Gasteiger charge is -2.10. The Labute approximate surface area is 149 Å². The van der Waals surface area contributed by atoms with Crippen LogP contribution in [0.5, 0.6) is 5.75 Å². The Bertz CT molecular complexity index is 1130. The third-order valence-electron chi connectivity index (χ3n) is 3.99. The lowest BCUT2D eigenvalue weighted by atomic mass is 10.0. The van der Waals surface area contributed by atoms with Gasteiger partial charge in [0.2, 0.25) is 5.43 Å². The van der Waals surface area contributed by atoms with Crippen molar-refractivity contribution in [2.24, 2.45) is 0 Å². The number of fused-ring (bicyclic) bond motifs is 1. The second kappa shape index (κ2) is 6.69. The Morgan fingerprint density at radius 3 is 2.12 bits per heavy atom.